The molecule has 108 valence electrons. The van der Waals surface area contributed by atoms with Crippen LogP contribution in [-0.4, -0.2) is 11.7 Å². The van der Waals surface area contributed by atoms with E-state index in [0.29, 0.717) is 12.0 Å². The number of aliphatic hydroxyl groups is 1. The van der Waals surface area contributed by atoms with Crippen LogP contribution < -0.4 is 0 Å². The van der Waals surface area contributed by atoms with Crippen molar-refractivity contribution in [1.29, 1.82) is 0 Å². The molecule has 1 nitrogen and oxygen atoms in total. The maximum Gasteiger partial charge on any atom is 0.0433 e. The molecule has 2 rings (SSSR count). The zero-order valence-electron chi connectivity index (χ0n) is 13.2. The van der Waals surface area contributed by atoms with Gasteiger partial charge in [0.25, 0.3) is 0 Å². The summed E-state index contributed by atoms with van der Waals surface area (Å²) >= 11 is 0. The Morgan fingerprint density at radius 3 is 2.33 bits per heavy atom. The Morgan fingerprint density at radius 1 is 1.06 bits per heavy atom. The molecular weight excluding hydrogens is 220 g/mol. The van der Waals surface area contributed by atoms with Gasteiger partial charge in [-0.15, -0.1) is 0 Å². The summed E-state index contributed by atoms with van der Waals surface area (Å²) in [4.78, 5) is 0. The first-order chi connectivity index (χ1) is 8.59. The molecule has 0 saturated heterocycles. The zero-order valence-corrected chi connectivity index (χ0v) is 13.2. The van der Waals surface area contributed by atoms with E-state index < -0.39 is 0 Å². The van der Waals surface area contributed by atoms with Crippen LogP contribution in [0, 0.1) is 29.1 Å². The molecule has 0 aliphatic heterocycles. The van der Waals surface area contributed by atoms with Gasteiger partial charge in [-0.2, -0.15) is 0 Å². The van der Waals surface area contributed by atoms with Crippen LogP contribution >= 0.6 is 0 Å². The molecule has 1 heteroatoms. The monoisotopic (exact) mass is 254 g/mol. The van der Waals surface area contributed by atoms with E-state index in [0.717, 1.165) is 30.1 Å². The molecule has 2 aliphatic carbocycles. The predicted octanol–water partition coefficient (Wildman–Crippen LogP) is 4.88. The summed E-state index contributed by atoms with van der Waals surface area (Å²) in [5, 5.41) is 9.31. The van der Waals surface area contributed by atoms with Crippen LogP contribution in [0.3, 0.4) is 0 Å². The Hall–Kier alpha value is -0.0400. The molecule has 2 saturated carbocycles. The molecule has 18 heavy (non-hydrogen) atoms. The molecular formula is C17H34O. The highest BCUT2D eigenvalue weighted by atomic mass is 16.3. The third kappa shape index (κ3) is 2.92. The van der Waals surface area contributed by atoms with Crippen LogP contribution in [0.1, 0.15) is 73.1 Å². The topological polar surface area (TPSA) is 20.2 Å². The fraction of sp³-hybridized carbons (Fsp3) is 1.00. The average molecular weight is 254 g/mol. The van der Waals surface area contributed by atoms with Crippen LogP contribution in [0.25, 0.3) is 0 Å². The van der Waals surface area contributed by atoms with Gasteiger partial charge in [-0.25, -0.2) is 0 Å². The maximum atomic E-state index is 9.31. The number of hydrogen-bond acceptors (Lipinski definition) is 1. The lowest BCUT2D eigenvalue weighted by atomic mass is 9.50. The van der Waals surface area contributed by atoms with E-state index in [9.17, 15) is 5.11 Å². The van der Waals surface area contributed by atoms with Crippen molar-refractivity contribution in [3.8, 4) is 0 Å². The Balaban J connectivity index is 0.000000771. The molecule has 1 N–H and O–H groups in total. The highest BCUT2D eigenvalue weighted by Gasteiger charge is 2.49. The number of aliphatic hydroxyl groups excluding tert-OH is 1. The van der Waals surface area contributed by atoms with Crippen LogP contribution in [0.2, 0.25) is 0 Å². The van der Waals surface area contributed by atoms with Gasteiger partial charge in [0.1, 0.15) is 0 Å². The van der Waals surface area contributed by atoms with Gasteiger partial charge in [-0.3, -0.25) is 0 Å². The third-order valence-corrected chi connectivity index (χ3v) is 5.82. The normalized spacial score (nSPS) is 43.7. The van der Waals surface area contributed by atoms with Crippen LogP contribution in [0.15, 0.2) is 0 Å². The molecule has 0 amide bonds. The van der Waals surface area contributed by atoms with E-state index in [2.05, 4.69) is 20.8 Å². The van der Waals surface area contributed by atoms with Crippen LogP contribution in [0.4, 0.5) is 0 Å². The van der Waals surface area contributed by atoms with E-state index in [1.54, 1.807) is 0 Å². The molecule has 0 aromatic carbocycles. The van der Waals surface area contributed by atoms with Crippen molar-refractivity contribution >= 4 is 0 Å². The van der Waals surface area contributed by atoms with Crippen molar-refractivity contribution in [3.63, 3.8) is 0 Å². The molecule has 0 aromatic rings. The van der Waals surface area contributed by atoms with Crippen molar-refractivity contribution < 1.29 is 5.11 Å². The highest BCUT2D eigenvalue weighted by molar-refractivity contribution is 4.98. The number of fused-ring (bicyclic) bond motifs is 1. The Kier molecular flexibility index (Phi) is 6.17. The van der Waals surface area contributed by atoms with Gasteiger partial charge in [0.15, 0.2) is 0 Å². The van der Waals surface area contributed by atoms with Crippen LogP contribution in [0.5, 0.6) is 0 Å². The molecule has 2 fully saturated rings. The maximum absolute atomic E-state index is 9.31. The molecule has 0 heterocycles. The SMILES string of the molecule is CC.CC1CCC[C@@]2(C)C1CC[C@H](C)[C@@H]2CCO. The summed E-state index contributed by atoms with van der Waals surface area (Å²) in [7, 11) is 0. The Labute approximate surface area is 114 Å². The van der Waals surface area contributed by atoms with E-state index in [1.165, 1.54) is 32.1 Å². The number of hydrogen-bond donors (Lipinski definition) is 1. The first kappa shape index (κ1) is 16.0. The first-order valence-corrected chi connectivity index (χ1v) is 8.20. The van der Waals surface area contributed by atoms with Gasteiger partial charge in [0, 0.05) is 6.61 Å². The fourth-order valence-electron chi connectivity index (χ4n) is 4.96. The Bertz CT molecular complexity index is 238. The first-order valence-electron chi connectivity index (χ1n) is 8.20. The summed E-state index contributed by atoms with van der Waals surface area (Å²) in [6.45, 7) is 11.8. The van der Waals surface area contributed by atoms with Gasteiger partial charge < -0.3 is 5.11 Å². The summed E-state index contributed by atoms with van der Waals surface area (Å²) in [5.74, 6) is 3.42. The van der Waals surface area contributed by atoms with E-state index in [1.807, 2.05) is 13.8 Å². The predicted molar refractivity (Wildman–Crippen MR) is 79.6 cm³/mol. The largest absolute Gasteiger partial charge is 0.396 e. The van der Waals surface area contributed by atoms with Gasteiger partial charge in [-0.05, 0) is 48.3 Å². The zero-order chi connectivity index (χ0) is 13.8. The summed E-state index contributed by atoms with van der Waals surface area (Å²) < 4.78 is 0. The fourth-order valence-corrected chi connectivity index (χ4v) is 4.96. The summed E-state index contributed by atoms with van der Waals surface area (Å²) in [6, 6.07) is 0. The Morgan fingerprint density at radius 2 is 1.72 bits per heavy atom. The minimum Gasteiger partial charge on any atom is -0.396 e. The second-order valence-corrected chi connectivity index (χ2v) is 6.66. The lowest BCUT2D eigenvalue weighted by molar-refractivity contribution is -0.0644. The van der Waals surface area contributed by atoms with E-state index >= 15 is 0 Å². The van der Waals surface area contributed by atoms with Crippen molar-refractivity contribution in [2.45, 2.75) is 73.1 Å². The van der Waals surface area contributed by atoms with Crippen molar-refractivity contribution in [3.05, 3.63) is 0 Å². The van der Waals surface area contributed by atoms with Gasteiger partial charge >= 0.3 is 0 Å². The second kappa shape index (κ2) is 6.93. The molecule has 2 unspecified atom stereocenters. The van der Waals surface area contributed by atoms with Crippen molar-refractivity contribution in [1.82, 2.24) is 0 Å². The molecule has 0 radical (unpaired) electrons. The summed E-state index contributed by atoms with van der Waals surface area (Å²) in [5.41, 5.74) is 0.526. The lowest BCUT2D eigenvalue weighted by Gasteiger charge is -2.55. The highest BCUT2D eigenvalue weighted by Crippen LogP contribution is 2.57. The summed E-state index contributed by atoms with van der Waals surface area (Å²) in [6.07, 6.45) is 8.08. The van der Waals surface area contributed by atoms with Crippen LogP contribution in [-0.2, 0) is 0 Å². The molecule has 0 spiro atoms. The minimum absolute atomic E-state index is 0.381. The van der Waals surface area contributed by atoms with Crippen molar-refractivity contribution in [2.24, 2.45) is 29.1 Å². The quantitative estimate of drug-likeness (QED) is 0.744. The van der Waals surface area contributed by atoms with E-state index in [-0.39, 0.29) is 0 Å². The molecule has 0 bridgehead atoms. The number of rotatable bonds is 2. The lowest BCUT2D eigenvalue weighted by Crippen LogP contribution is -2.47. The third-order valence-electron chi connectivity index (χ3n) is 5.82. The molecule has 0 aromatic heterocycles. The smallest absolute Gasteiger partial charge is 0.0433 e. The standard InChI is InChI=1S/C15H28O.C2H6/c1-11-5-4-9-15(3)13(11)7-6-12(2)14(15)8-10-16;1-2/h11-14,16H,4-10H2,1-3H3;1-2H3/t11?,12-,13?,14-,15-;/m0./s1. The van der Waals surface area contributed by atoms with Gasteiger partial charge in [0.2, 0.25) is 0 Å². The molecule has 2 aliphatic rings. The van der Waals surface area contributed by atoms with Gasteiger partial charge in [-0.1, -0.05) is 53.9 Å². The average Bonchev–Trinajstić information content (AvgIpc) is 2.36. The minimum atomic E-state index is 0.381. The molecule has 5 atom stereocenters. The van der Waals surface area contributed by atoms with Gasteiger partial charge in [0.05, 0.1) is 0 Å². The van der Waals surface area contributed by atoms with E-state index in [4.69, 9.17) is 0 Å². The second-order valence-electron chi connectivity index (χ2n) is 6.66. The van der Waals surface area contributed by atoms with Crippen molar-refractivity contribution in [2.75, 3.05) is 6.61 Å².